The van der Waals surface area contributed by atoms with Gasteiger partial charge in [-0.05, 0) is 69.9 Å². The zero-order valence-electron chi connectivity index (χ0n) is 31.9. The number of carbonyl (C=O) groups is 2. The van der Waals surface area contributed by atoms with Crippen LogP contribution in [0.4, 0.5) is 0 Å². The standard InChI is InChI=1S/C41H72O10/c1-3-5-7-9-11-13-15-16-17-18-20-21-23-25-27-29-36(43)48-32-34(33-49-41-40(47)39(46)38(45)35(31-42)51-41)50-37(44)30-28-26-24-22-19-14-12-10-8-6-4-2/h10,12,15,17,34-35,38-42,45-47H,3-9,11,13-14,18-33H2,1-2H3/b12-10+/t16?,34-,35-,38+,39?,40?,41-/m0/s1. The summed E-state index contributed by atoms with van der Waals surface area (Å²) < 4.78 is 22.0. The average molecular weight is 725 g/mol. The van der Waals surface area contributed by atoms with Gasteiger partial charge in [0.15, 0.2) is 12.4 Å². The molecular weight excluding hydrogens is 652 g/mol. The van der Waals surface area contributed by atoms with Crippen molar-refractivity contribution in [3.63, 3.8) is 0 Å². The molecule has 4 N–H and O–H groups in total. The van der Waals surface area contributed by atoms with E-state index in [9.17, 15) is 30.0 Å². The van der Waals surface area contributed by atoms with E-state index in [0.717, 1.165) is 77.0 Å². The van der Waals surface area contributed by atoms with Gasteiger partial charge in [0.05, 0.1) is 13.2 Å². The Balaban J connectivity index is 2.40. The van der Waals surface area contributed by atoms with Gasteiger partial charge in [0.1, 0.15) is 31.0 Å². The highest BCUT2D eigenvalue weighted by atomic mass is 16.7. The van der Waals surface area contributed by atoms with Crippen molar-refractivity contribution in [2.24, 2.45) is 0 Å². The fraction of sp³-hybridized carbons (Fsp3) is 0.829. The molecule has 0 radical (unpaired) electrons. The van der Waals surface area contributed by atoms with E-state index in [2.05, 4.69) is 43.9 Å². The number of aliphatic hydroxyl groups is 4. The third kappa shape index (κ3) is 24.8. The molecule has 0 aromatic carbocycles. The van der Waals surface area contributed by atoms with Gasteiger partial charge in [-0.2, -0.15) is 0 Å². The highest BCUT2D eigenvalue weighted by Gasteiger charge is 2.44. The van der Waals surface area contributed by atoms with Crippen LogP contribution in [-0.4, -0.2) is 89.0 Å². The highest BCUT2D eigenvalue weighted by Crippen LogP contribution is 2.22. The fourth-order valence-electron chi connectivity index (χ4n) is 5.79. The third-order valence-corrected chi connectivity index (χ3v) is 9.08. The van der Waals surface area contributed by atoms with Crippen molar-refractivity contribution in [2.75, 3.05) is 19.8 Å². The molecule has 0 amide bonds. The van der Waals surface area contributed by atoms with Gasteiger partial charge in [-0.15, -0.1) is 5.73 Å². The predicted octanol–water partition coefficient (Wildman–Crippen LogP) is 7.54. The third-order valence-electron chi connectivity index (χ3n) is 9.08. The van der Waals surface area contributed by atoms with Crippen LogP contribution in [0.3, 0.4) is 0 Å². The largest absolute Gasteiger partial charge is 0.462 e. The van der Waals surface area contributed by atoms with E-state index in [0.29, 0.717) is 12.8 Å². The molecule has 1 heterocycles. The topological polar surface area (TPSA) is 152 Å². The lowest BCUT2D eigenvalue weighted by Gasteiger charge is -2.39. The number of carbonyl (C=O) groups excluding carboxylic acids is 2. The molecule has 0 aromatic heterocycles. The summed E-state index contributed by atoms with van der Waals surface area (Å²) >= 11 is 0. The molecule has 0 saturated carbocycles. The van der Waals surface area contributed by atoms with Crippen molar-refractivity contribution in [3.05, 3.63) is 30.0 Å². The molecule has 1 saturated heterocycles. The van der Waals surface area contributed by atoms with Crippen LogP contribution in [0.1, 0.15) is 162 Å². The zero-order valence-corrected chi connectivity index (χ0v) is 31.9. The van der Waals surface area contributed by atoms with Crippen LogP contribution in [0.2, 0.25) is 0 Å². The van der Waals surface area contributed by atoms with Crippen molar-refractivity contribution >= 4 is 11.9 Å². The number of unbranched alkanes of at least 4 members (excludes halogenated alkanes) is 17. The predicted molar refractivity (Wildman–Crippen MR) is 200 cm³/mol. The molecule has 0 bridgehead atoms. The number of allylic oxidation sites excluding steroid dienone is 3. The minimum Gasteiger partial charge on any atom is -0.462 e. The highest BCUT2D eigenvalue weighted by molar-refractivity contribution is 5.70. The lowest BCUT2D eigenvalue weighted by molar-refractivity contribution is -0.305. The smallest absolute Gasteiger partial charge is 0.306 e. The Hall–Kier alpha value is -2.04. The molecule has 10 heteroatoms. The van der Waals surface area contributed by atoms with Crippen molar-refractivity contribution < 1.29 is 49.0 Å². The zero-order chi connectivity index (χ0) is 37.4. The fourth-order valence-corrected chi connectivity index (χ4v) is 5.79. The van der Waals surface area contributed by atoms with Crippen LogP contribution in [0.15, 0.2) is 30.0 Å². The molecule has 1 aliphatic rings. The second-order valence-corrected chi connectivity index (χ2v) is 13.8. The van der Waals surface area contributed by atoms with Crippen LogP contribution >= 0.6 is 0 Å². The normalized spacial score (nSPS) is 20.9. The van der Waals surface area contributed by atoms with Crippen molar-refractivity contribution in [2.45, 2.75) is 198 Å². The van der Waals surface area contributed by atoms with Crippen LogP contribution in [0.5, 0.6) is 0 Å². The van der Waals surface area contributed by atoms with Crippen molar-refractivity contribution in [3.8, 4) is 0 Å². The Kier molecular flexibility index (Phi) is 30.0. The molecule has 0 aromatic rings. The second-order valence-electron chi connectivity index (χ2n) is 13.8. The maximum absolute atomic E-state index is 12.7. The van der Waals surface area contributed by atoms with E-state index < -0.39 is 55.4 Å². The van der Waals surface area contributed by atoms with Gasteiger partial charge in [-0.1, -0.05) is 103 Å². The van der Waals surface area contributed by atoms with Gasteiger partial charge >= 0.3 is 11.9 Å². The minimum atomic E-state index is -1.60. The summed E-state index contributed by atoms with van der Waals surface area (Å²) in [6, 6.07) is 0. The maximum Gasteiger partial charge on any atom is 0.306 e. The molecule has 10 nitrogen and oxygen atoms in total. The van der Waals surface area contributed by atoms with Gasteiger partial charge in [-0.3, -0.25) is 9.59 Å². The summed E-state index contributed by atoms with van der Waals surface area (Å²) in [4.78, 5) is 25.2. The number of aliphatic hydroxyl groups excluding tert-OH is 4. The van der Waals surface area contributed by atoms with Gasteiger partial charge < -0.3 is 39.4 Å². The number of rotatable bonds is 32. The molecule has 296 valence electrons. The number of hydrogen-bond donors (Lipinski definition) is 4. The summed E-state index contributed by atoms with van der Waals surface area (Å²) in [7, 11) is 0. The lowest BCUT2D eigenvalue weighted by Crippen LogP contribution is -2.59. The molecule has 1 rings (SSSR count). The summed E-state index contributed by atoms with van der Waals surface area (Å²) in [5.74, 6) is -0.841. The first-order valence-electron chi connectivity index (χ1n) is 20.2. The molecule has 2 unspecified atom stereocenters. The number of hydrogen-bond acceptors (Lipinski definition) is 10. The van der Waals surface area contributed by atoms with Gasteiger partial charge in [0, 0.05) is 12.8 Å². The first-order chi connectivity index (χ1) is 24.8. The van der Waals surface area contributed by atoms with E-state index in [1.807, 2.05) is 0 Å². The molecule has 1 aliphatic heterocycles. The minimum absolute atomic E-state index is 0.215. The maximum atomic E-state index is 12.7. The first kappa shape index (κ1) is 47.0. The summed E-state index contributed by atoms with van der Waals surface area (Å²) in [5, 5.41) is 39.9. The van der Waals surface area contributed by atoms with Crippen LogP contribution in [-0.2, 0) is 28.5 Å². The Morgan fingerprint density at radius 3 is 1.78 bits per heavy atom. The molecule has 1 fully saturated rings. The van der Waals surface area contributed by atoms with Crippen LogP contribution in [0, 0.1) is 0 Å². The monoisotopic (exact) mass is 725 g/mol. The Morgan fingerprint density at radius 1 is 0.647 bits per heavy atom. The molecule has 0 aliphatic carbocycles. The van der Waals surface area contributed by atoms with E-state index >= 15 is 0 Å². The first-order valence-corrected chi connectivity index (χ1v) is 20.2. The van der Waals surface area contributed by atoms with E-state index in [1.54, 1.807) is 0 Å². The summed E-state index contributed by atoms with van der Waals surface area (Å²) in [5.41, 5.74) is 3.29. The summed E-state index contributed by atoms with van der Waals surface area (Å²) in [6.45, 7) is 3.32. The van der Waals surface area contributed by atoms with Crippen LogP contribution < -0.4 is 0 Å². The van der Waals surface area contributed by atoms with E-state index in [-0.39, 0.29) is 26.1 Å². The van der Waals surface area contributed by atoms with Crippen LogP contribution in [0.25, 0.3) is 0 Å². The average Bonchev–Trinajstić information content (AvgIpc) is 3.13. The van der Waals surface area contributed by atoms with E-state index in [1.165, 1.54) is 44.9 Å². The number of ether oxygens (including phenoxy) is 4. The Labute approximate surface area is 308 Å². The van der Waals surface area contributed by atoms with Crippen molar-refractivity contribution in [1.82, 2.24) is 0 Å². The second kappa shape index (κ2) is 32.6. The Morgan fingerprint density at radius 2 is 1.18 bits per heavy atom. The molecular formula is C41H72O10. The molecule has 6 atom stereocenters. The number of esters is 2. The lowest BCUT2D eigenvalue weighted by atomic mass is 9.99. The SMILES string of the molecule is CCCC/C=C/CCCCCCCC(=O)O[C@@H](COC(=O)CCCCCCCC=C=CCCCCCCC)CO[C@H]1O[C@@H](CO)[C@@H](O)C(O)C1O. The van der Waals surface area contributed by atoms with Crippen molar-refractivity contribution in [1.29, 1.82) is 0 Å². The van der Waals surface area contributed by atoms with Gasteiger partial charge in [0.25, 0.3) is 0 Å². The van der Waals surface area contributed by atoms with Gasteiger partial charge in [0.2, 0.25) is 0 Å². The van der Waals surface area contributed by atoms with Gasteiger partial charge in [-0.25, -0.2) is 0 Å². The molecule has 51 heavy (non-hydrogen) atoms. The molecule has 0 spiro atoms. The Bertz CT molecular complexity index is 945. The summed E-state index contributed by atoms with van der Waals surface area (Å²) in [6.07, 6.45) is 24.0. The van der Waals surface area contributed by atoms with E-state index in [4.69, 9.17) is 18.9 Å². The quantitative estimate of drug-likeness (QED) is 0.0237.